The molecule has 176 valence electrons. The Labute approximate surface area is 199 Å². The molecule has 1 amide bonds. The van der Waals surface area contributed by atoms with Crippen LogP contribution in [-0.4, -0.2) is 45.5 Å². The van der Waals surface area contributed by atoms with E-state index in [4.69, 9.17) is 4.74 Å². The van der Waals surface area contributed by atoms with E-state index in [9.17, 15) is 4.79 Å². The van der Waals surface area contributed by atoms with Crippen molar-refractivity contribution in [1.82, 2.24) is 19.9 Å². The van der Waals surface area contributed by atoms with Crippen molar-refractivity contribution in [3.05, 3.63) is 72.2 Å². The molecule has 8 nitrogen and oxygen atoms in total. The maximum Gasteiger partial charge on any atom is 0.256 e. The summed E-state index contributed by atoms with van der Waals surface area (Å²) in [6, 6.07) is 15.0. The first-order chi connectivity index (χ1) is 16.7. The fourth-order valence-electron chi connectivity index (χ4n) is 3.73. The molecule has 2 N–H and O–H groups in total. The molecule has 4 aromatic rings. The molecule has 1 aromatic carbocycles. The second-order valence-corrected chi connectivity index (χ2v) is 8.03. The van der Waals surface area contributed by atoms with E-state index in [1.54, 1.807) is 18.3 Å². The maximum atomic E-state index is 13.0. The standard InChI is InChI=1S/C26H30N6O2/c1-3-14-32(15-4-2)26-30-23(18-24(31-26)34-16-11-21-7-5-6-12-27-21)29-25(33)20-8-9-22-19(17-20)10-13-28-22/h5-10,12-13,17-18,28H,3-4,11,14-16H2,1-2H3,(H,29,30,31,33). The van der Waals surface area contributed by atoms with Gasteiger partial charge in [0, 0.05) is 60.1 Å². The Bertz CT molecular complexity index is 1220. The molecule has 3 aromatic heterocycles. The van der Waals surface area contributed by atoms with Gasteiger partial charge in [-0.3, -0.25) is 9.78 Å². The van der Waals surface area contributed by atoms with Crippen LogP contribution in [0.4, 0.5) is 11.8 Å². The molecule has 0 spiro atoms. The van der Waals surface area contributed by atoms with E-state index < -0.39 is 0 Å². The van der Waals surface area contributed by atoms with Gasteiger partial charge in [-0.1, -0.05) is 19.9 Å². The molecular weight excluding hydrogens is 428 g/mol. The quantitative estimate of drug-likeness (QED) is 0.333. The molecule has 0 fully saturated rings. The van der Waals surface area contributed by atoms with Crippen LogP contribution in [0.25, 0.3) is 10.9 Å². The van der Waals surface area contributed by atoms with Crippen molar-refractivity contribution in [2.24, 2.45) is 0 Å². The number of nitrogens with zero attached hydrogens (tertiary/aromatic N) is 4. The topological polar surface area (TPSA) is 96.0 Å². The smallest absolute Gasteiger partial charge is 0.256 e. The highest BCUT2D eigenvalue weighted by Gasteiger charge is 2.15. The summed E-state index contributed by atoms with van der Waals surface area (Å²) in [5.74, 6) is 1.16. The number of pyridine rings is 1. The van der Waals surface area contributed by atoms with Gasteiger partial charge in [0.25, 0.3) is 5.91 Å². The molecule has 0 aliphatic carbocycles. The van der Waals surface area contributed by atoms with E-state index in [0.29, 0.717) is 36.2 Å². The first-order valence-corrected chi connectivity index (χ1v) is 11.7. The Morgan fingerprint density at radius 3 is 2.68 bits per heavy atom. The predicted octanol–water partition coefficient (Wildman–Crippen LogP) is 4.85. The number of rotatable bonds is 11. The number of aromatic nitrogens is 4. The summed E-state index contributed by atoms with van der Waals surface area (Å²) in [6.07, 6.45) is 6.21. The zero-order valence-corrected chi connectivity index (χ0v) is 19.6. The molecule has 3 heterocycles. The second-order valence-electron chi connectivity index (χ2n) is 8.03. The minimum absolute atomic E-state index is 0.232. The highest BCUT2D eigenvalue weighted by molar-refractivity contribution is 6.05. The molecule has 0 aliphatic rings. The number of carbonyl (C=O) groups excluding carboxylic acids is 1. The normalized spacial score (nSPS) is 10.9. The Kier molecular flexibility index (Phi) is 7.70. The van der Waals surface area contributed by atoms with Gasteiger partial charge >= 0.3 is 0 Å². The molecule has 0 radical (unpaired) electrons. The lowest BCUT2D eigenvalue weighted by Gasteiger charge is -2.22. The Morgan fingerprint density at radius 1 is 1.06 bits per heavy atom. The molecule has 0 saturated carbocycles. The van der Waals surface area contributed by atoms with Crippen molar-refractivity contribution in [2.45, 2.75) is 33.1 Å². The Balaban J connectivity index is 1.55. The minimum Gasteiger partial charge on any atom is -0.477 e. The van der Waals surface area contributed by atoms with Gasteiger partial charge in [0.05, 0.1) is 6.61 Å². The first-order valence-electron chi connectivity index (χ1n) is 11.7. The van der Waals surface area contributed by atoms with E-state index in [-0.39, 0.29) is 5.91 Å². The number of ether oxygens (including phenoxy) is 1. The van der Waals surface area contributed by atoms with Crippen LogP contribution < -0.4 is 15.0 Å². The molecular formula is C26H30N6O2. The average Bonchev–Trinajstić information content (AvgIpc) is 3.32. The fraction of sp³-hybridized carbons (Fsp3) is 0.308. The van der Waals surface area contributed by atoms with Crippen LogP contribution in [0, 0.1) is 0 Å². The monoisotopic (exact) mass is 458 g/mol. The van der Waals surface area contributed by atoms with Crippen LogP contribution in [0.3, 0.4) is 0 Å². The van der Waals surface area contributed by atoms with Gasteiger partial charge in [-0.05, 0) is 49.2 Å². The van der Waals surface area contributed by atoms with Gasteiger partial charge in [-0.25, -0.2) is 0 Å². The summed E-state index contributed by atoms with van der Waals surface area (Å²) in [7, 11) is 0. The molecule has 0 aliphatic heterocycles. The Hall–Kier alpha value is -3.94. The highest BCUT2D eigenvalue weighted by Crippen LogP contribution is 2.21. The van der Waals surface area contributed by atoms with E-state index in [0.717, 1.165) is 42.5 Å². The molecule has 0 atom stereocenters. The van der Waals surface area contributed by atoms with Crippen LogP contribution in [0.15, 0.2) is 60.9 Å². The number of carbonyl (C=O) groups is 1. The molecule has 0 bridgehead atoms. The summed E-state index contributed by atoms with van der Waals surface area (Å²) in [5, 5.41) is 3.90. The molecule has 34 heavy (non-hydrogen) atoms. The van der Waals surface area contributed by atoms with Crippen molar-refractivity contribution >= 4 is 28.6 Å². The van der Waals surface area contributed by atoms with E-state index in [1.165, 1.54) is 0 Å². The van der Waals surface area contributed by atoms with Gasteiger partial charge in [-0.2, -0.15) is 9.97 Å². The summed E-state index contributed by atoms with van der Waals surface area (Å²) in [4.78, 5) is 31.8. The van der Waals surface area contributed by atoms with Gasteiger partial charge in [0.15, 0.2) is 0 Å². The number of H-pyrrole nitrogens is 1. The van der Waals surface area contributed by atoms with Gasteiger partial charge in [0.1, 0.15) is 5.82 Å². The highest BCUT2D eigenvalue weighted by atomic mass is 16.5. The molecule has 4 rings (SSSR count). The van der Waals surface area contributed by atoms with Crippen LogP contribution in [0.5, 0.6) is 5.88 Å². The number of nitrogens with one attached hydrogen (secondary N) is 2. The number of hydrogen-bond acceptors (Lipinski definition) is 6. The number of amides is 1. The molecule has 0 unspecified atom stereocenters. The van der Waals surface area contributed by atoms with Crippen LogP contribution in [0.1, 0.15) is 42.7 Å². The van der Waals surface area contributed by atoms with Crippen LogP contribution in [0.2, 0.25) is 0 Å². The van der Waals surface area contributed by atoms with Crippen LogP contribution in [-0.2, 0) is 6.42 Å². The number of anilines is 2. The third-order valence-electron chi connectivity index (χ3n) is 5.35. The van der Waals surface area contributed by atoms with Gasteiger partial charge in [-0.15, -0.1) is 0 Å². The van der Waals surface area contributed by atoms with Crippen molar-refractivity contribution in [3.63, 3.8) is 0 Å². The Morgan fingerprint density at radius 2 is 1.91 bits per heavy atom. The number of fused-ring (bicyclic) bond motifs is 1. The minimum atomic E-state index is -0.232. The zero-order chi connectivity index (χ0) is 23.8. The lowest BCUT2D eigenvalue weighted by atomic mass is 10.1. The lowest BCUT2D eigenvalue weighted by Crippen LogP contribution is -2.27. The second kappa shape index (κ2) is 11.3. The third-order valence-corrected chi connectivity index (χ3v) is 5.35. The largest absolute Gasteiger partial charge is 0.477 e. The SMILES string of the molecule is CCCN(CCC)c1nc(NC(=O)c2ccc3[nH]ccc3c2)cc(OCCc2ccccn2)n1. The van der Waals surface area contributed by atoms with Gasteiger partial charge < -0.3 is 19.9 Å². The third kappa shape index (κ3) is 5.89. The molecule has 0 saturated heterocycles. The average molecular weight is 459 g/mol. The first kappa shape index (κ1) is 23.2. The number of benzene rings is 1. The van der Waals surface area contributed by atoms with E-state index in [2.05, 4.69) is 44.0 Å². The predicted molar refractivity (Wildman–Crippen MR) is 135 cm³/mol. The van der Waals surface area contributed by atoms with Gasteiger partial charge in [0.2, 0.25) is 11.8 Å². The summed E-state index contributed by atoms with van der Waals surface area (Å²) in [6.45, 7) is 6.31. The maximum absolute atomic E-state index is 13.0. The van der Waals surface area contributed by atoms with Crippen molar-refractivity contribution in [2.75, 3.05) is 29.9 Å². The number of aromatic amines is 1. The summed E-state index contributed by atoms with van der Waals surface area (Å²) in [5.41, 5.74) is 2.49. The van der Waals surface area contributed by atoms with Crippen molar-refractivity contribution in [3.8, 4) is 5.88 Å². The summed E-state index contributed by atoms with van der Waals surface area (Å²) < 4.78 is 5.96. The van der Waals surface area contributed by atoms with Crippen LogP contribution >= 0.6 is 0 Å². The molecule has 8 heteroatoms. The summed E-state index contributed by atoms with van der Waals surface area (Å²) >= 11 is 0. The van der Waals surface area contributed by atoms with Crippen molar-refractivity contribution in [1.29, 1.82) is 0 Å². The van der Waals surface area contributed by atoms with E-state index >= 15 is 0 Å². The number of hydrogen-bond donors (Lipinski definition) is 2. The fourth-order valence-corrected chi connectivity index (χ4v) is 3.73. The lowest BCUT2D eigenvalue weighted by molar-refractivity contribution is 0.102. The van der Waals surface area contributed by atoms with E-state index in [1.807, 2.05) is 42.6 Å². The zero-order valence-electron chi connectivity index (χ0n) is 19.6. The van der Waals surface area contributed by atoms with Crippen molar-refractivity contribution < 1.29 is 9.53 Å².